The predicted molar refractivity (Wildman–Crippen MR) is 104 cm³/mol. The summed E-state index contributed by atoms with van der Waals surface area (Å²) in [6.07, 6.45) is 3.66. The molecule has 1 saturated heterocycles. The molecule has 27 heavy (non-hydrogen) atoms. The molecule has 3 heterocycles. The van der Waals surface area contributed by atoms with Gasteiger partial charge in [-0.2, -0.15) is 0 Å². The lowest BCUT2D eigenvalue weighted by Crippen LogP contribution is -2.48. The first kappa shape index (κ1) is 17.7. The number of carbonyl (C=O) groups is 1. The van der Waals surface area contributed by atoms with Crippen molar-refractivity contribution in [3.63, 3.8) is 0 Å². The number of hydrogen-bond donors (Lipinski definition) is 2. The Morgan fingerprint density at radius 3 is 2.74 bits per heavy atom. The van der Waals surface area contributed by atoms with Crippen molar-refractivity contribution in [3.05, 3.63) is 65.6 Å². The molecule has 6 nitrogen and oxygen atoms in total. The zero-order valence-corrected chi connectivity index (χ0v) is 15.4. The highest BCUT2D eigenvalue weighted by molar-refractivity contribution is 5.89. The first-order chi connectivity index (χ1) is 13.1. The summed E-state index contributed by atoms with van der Waals surface area (Å²) in [6, 6.07) is 11.4. The molecular weight excluding hydrogens is 340 g/mol. The third-order valence-electron chi connectivity index (χ3n) is 5.28. The molecule has 2 N–H and O–H groups in total. The van der Waals surface area contributed by atoms with Gasteiger partial charge in [-0.1, -0.05) is 17.7 Å². The fourth-order valence-electron chi connectivity index (χ4n) is 3.87. The third kappa shape index (κ3) is 3.72. The van der Waals surface area contributed by atoms with E-state index in [4.69, 9.17) is 0 Å². The summed E-state index contributed by atoms with van der Waals surface area (Å²) in [5, 5.41) is 10.9. The second kappa shape index (κ2) is 7.50. The molecule has 0 bridgehead atoms. The van der Waals surface area contributed by atoms with Crippen LogP contribution < -0.4 is 0 Å². The molecular formula is C21H24N4O2. The smallest absolute Gasteiger partial charge is 0.325 e. The molecule has 1 unspecified atom stereocenters. The molecule has 0 radical (unpaired) electrons. The fourth-order valence-corrected chi connectivity index (χ4v) is 3.87. The van der Waals surface area contributed by atoms with E-state index in [0.717, 1.165) is 60.4 Å². The molecule has 1 aliphatic rings. The minimum atomic E-state index is -0.796. The van der Waals surface area contributed by atoms with E-state index in [9.17, 15) is 9.90 Å². The van der Waals surface area contributed by atoms with Gasteiger partial charge in [-0.05, 0) is 31.2 Å². The molecule has 3 aromatic rings. The van der Waals surface area contributed by atoms with Crippen LogP contribution in [0.25, 0.3) is 10.9 Å². The van der Waals surface area contributed by atoms with Crippen LogP contribution in [-0.4, -0.2) is 57.0 Å². The SMILES string of the molecule is Cc1ccc2[nH]cc(C(C(=O)O)N3CCN(Cc4ccccn4)CC3)c2c1. The topological polar surface area (TPSA) is 72.5 Å². The van der Waals surface area contributed by atoms with Crippen molar-refractivity contribution in [1.29, 1.82) is 0 Å². The van der Waals surface area contributed by atoms with E-state index in [0.29, 0.717) is 0 Å². The lowest BCUT2D eigenvalue weighted by molar-refractivity contribution is -0.144. The molecule has 140 valence electrons. The highest BCUT2D eigenvalue weighted by Gasteiger charge is 2.32. The van der Waals surface area contributed by atoms with Crippen molar-refractivity contribution in [3.8, 4) is 0 Å². The Morgan fingerprint density at radius 2 is 2.04 bits per heavy atom. The summed E-state index contributed by atoms with van der Waals surface area (Å²) >= 11 is 0. The maximum Gasteiger partial charge on any atom is 0.325 e. The first-order valence-corrected chi connectivity index (χ1v) is 9.28. The van der Waals surface area contributed by atoms with E-state index < -0.39 is 12.0 Å². The number of benzene rings is 1. The summed E-state index contributed by atoms with van der Waals surface area (Å²) < 4.78 is 0. The van der Waals surface area contributed by atoms with Gasteiger partial charge in [0.2, 0.25) is 0 Å². The minimum absolute atomic E-state index is 0.627. The Balaban J connectivity index is 1.50. The normalized spacial score (nSPS) is 17.2. The van der Waals surface area contributed by atoms with Gasteiger partial charge in [0.25, 0.3) is 0 Å². The number of aromatic amines is 1. The van der Waals surface area contributed by atoms with Crippen molar-refractivity contribution >= 4 is 16.9 Å². The maximum absolute atomic E-state index is 12.1. The van der Waals surface area contributed by atoms with Crippen LogP contribution in [0.5, 0.6) is 0 Å². The van der Waals surface area contributed by atoms with Crippen LogP contribution in [-0.2, 0) is 11.3 Å². The lowest BCUT2D eigenvalue weighted by atomic mass is 10.0. The molecule has 2 aromatic heterocycles. The highest BCUT2D eigenvalue weighted by atomic mass is 16.4. The van der Waals surface area contributed by atoms with Gasteiger partial charge in [-0.3, -0.25) is 19.6 Å². The van der Waals surface area contributed by atoms with Crippen molar-refractivity contribution < 1.29 is 9.90 Å². The number of rotatable bonds is 5. The maximum atomic E-state index is 12.1. The molecule has 1 aliphatic heterocycles. The number of fused-ring (bicyclic) bond motifs is 1. The summed E-state index contributed by atoms with van der Waals surface area (Å²) in [4.78, 5) is 24.1. The van der Waals surface area contributed by atoms with Gasteiger partial charge in [0.1, 0.15) is 6.04 Å². The third-order valence-corrected chi connectivity index (χ3v) is 5.28. The van der Waals surface area contributed by atoms with Gasteiger partial charge in [0.05, 0.1) is 5.69 Å². The van der Waals surface area contributed by atoms with E-state index in [1.165, 1.54) is 0 Å². The molecule has 6 heteroatoms. The average molecular weight is 364 g/mol. The van der Waals surface area contributed by atoms with E-state index in [1.807, 2.05) is 49.6 Å². The van der Waals surface area contributed by atoms with Crippen molar-refractivity contribution in [2.24, 2.45) is 0 Å². The summed E-state index contributed by atoms with van der Waals surface area (Å²) in [5.41, 5.74) is 4.01. The molecule has 0 saturated carbocycles. The van der Waals surface area contributed by atoms with E-state index in [1.54, 1.807) is 0 Å². The largest absolute Gasteiger partial charge is 0.480 e. The number of H-pyrrole nitrogens is 1. The zero-order chi connectivity index (χ0) is 18.8. The summed E-state index contributed by atoms with van der Waals surface area (Å²) in [6.45, 7) is 5.95. The van der Waals surface area contributed by atoms with Gasteiger partial charge in [0.15, 0.2) is 0 Å². The minimum Gasteiger partial charge on any atom is -0.480 e. The van der Waals surface area contributed by atoms with E-state index in [-0.39, 0.29) is 0 Å². The number of carboxylic acid groups (broad SMARTS) is 1. The summed E-state index contributed by atoms with van der Waals surface area (Å²) in [5.74, 6) is -0.796. The van der Waals surface area contributed by atoms with Crippen LogP contribution in [0, 0.1) is 6.92 Å². The van der Waals surface area contributed by atoms with Gasteiger partial charge in [-0.25, -0.2) is 0 Å². The number of pyridine rings is 1. The van der Waals surface area contributed by atoms with Crippen LogP contribution in [0.4, 0.5) is 0 Å². The second-order valence-electron chi connectivity index (χ2n) is 7.17. The van der Waals surface area contributed by atoms with Crippen LogP contribution >= 0.6 is 0 Å². The number of hydrogen-bond acceptors (Lipinski definition) is 4. The number of aromatic nitrogens is 2. The van der Waals surface area contributed by atoms with Crippen molar-refractivity contribution in [2.75, 3.05) is 26.2 Å². The number of nitrogens with one attached hydrogen (secondary N) is 1. The van der Waals surface area contributed by atoms with Crippen molar-refractivity contribution in [2.45, 2.75) is 19.5 Å². The standard InChI is InChI=1S/C21H24N4O2/c1-15-5-6-19-17(12-15)18(13-23-19)20(21(26)27)25-10-8-24(9-11-25)14-16-4-2-3-7-22-16/h2-7,12-13,20,23H,8-11,14H2,1H3,(H,26,27). The monoisotopic (exact) mass is 364 g/mol. The Bertz CT molecular complexity index is 930. The Morgan fingerprint density at radius 1 is 1.22 bits per heavy atom. The van der Waals surface area contributed by atoms with Crippen LogP contribution in [0.3, 0.4) is 0 Å². The number of nitrogens with zero attached hydrogens (tertiary/aromatic N) is 3. The van der Waals surface area contributed by atoms with Gasteiger partial charge >= 0.3 is 5.97 Å². The quantitative estimate of drug-likeness (QED) is 0.728. The molecule has 0 amide bonds. The average Bonchev–Trinajstić information content (AvgIpc) is 3.07. The molecule has 1 fully saturated rings. The van der Waals surface area contributed by atoms with Gasteiger partial charge in [0, 0.05) is 61.6 Å². The summed E-state index contributed by atoms with van der Waals surface area (Å²) in [7, 11) is 0. The number of aliphatic carboxylic acids is 1. The number of carboxylic acids is 1. The highest BCUT2D eigenvalue weighted by Crippen LogP contribution is 2.30. The Labute approximate surface area is 158 Å². The van der Waals surface area contributed by atoms with Gasteiger partial charge in [-0.15, -0.1) is 0 Å². The molecule has 4 rings (SSSR count). The van der Waals surface area contributed by atoms with Crippen molar-refractivity contribution in [1.82, 2.24) is 19.8 Å². The second-order valence-corrected chi connectivity index (χ2v) is 7.17. The van der Waals surface area contributed by atoms with E-state index in [2.05, 4.69) is 25.8 Å². The molecule has 1 aromatic carbocycles. The van der Waals surface area contributed by atoms with Gasteiger partial charge < -0.3 is 10.1 Å². The molecule has 0 aliphatic carbocycles. The Kier molecular flexibility index (Phi) is 4.92. The van der Waals surface area contributed by atoms with Crippen LogP contribution in [0.15, 0.2) is 48.8 Å². The van der Waals surface area contributed by atoms with E-state index >= 15 is 0 Å². The zero-order valence-electron chi connectivity index (χ0n) is 15.4. The lowest BCUT2D eigenvalue weighted by Gasteiger charge is -2.37. The Hall–Kier alpha value is -2.70. The first-order valence-electron chi connectivity index (χ1n) is 9.28. The molecule has 0 spiro atoms. The number of piperazine rings is 1. The number of aryl methyl sites for hydroxylation is 1. The van der Waals surface area contributed by atoms with Crippen LogP contribution in [0.1, 0.15) is 22.9 Å². The predicted octanol–water partition coefficient (Wildman–Crippen LogP) is 2.81. The fraction of sp³-hybridized carbons (Fsp3) is 0.333. The van der Waals surface area contributed by atoms with Crippen LogP contribution in [0.2, 0.25) is 0 Å². The molecule has 1 atom stereocenters.